The first-order valence-corrected chi connectivity index (χ1v) is 6.69. The zero-order valence-corrected chi connectivity index (χ0v) is 12.8. The fraction of sp³-hybridized carbons (Fsp3) is 0.357. The quantitative estimate of drug-likeness (QED) is 0.690. The van der Waals surface area contributed by atoms with Crippen molar-refractivity contribution in [3.63, 3.8) is 0 Å². The topological polar surface area (TPSA) is 103 Å². The lowest BCUT2D eigenvalue weighted by Crippen LogP contribution is -2.41. The van der Waals surface area contributed by atoms with E-state index in [2.05, 4.69) is 15.6 Å². The first kappa shape index (κ1) is 15.6. The number of hydrogen-bond acceptors (Lipinski definition) is 5. The Kier molecular flexibility index (Phi) is 3.94. The molecule has 0 aliphatic carbocycles. The lowest BCUT2D eigenvalue weighted by atomic mass is 10.1. The zero-order chi connectivity index (χ0) is 16.5. The number of nitrogens with zero attached hydrogens (tertiary/aromatic N) is 4. The van der Waals surface area contributed by atoms with Crippen molar-refractivity contribution in [1.29, 1.82) is 0 Å². The van der Waals surface area contributed by atoms with E-state index in [0.29, 0.717) is 11.4 Å². The molecule has 2 rings (SSSR count). The van der Waals surface area contributed by atoms with Crippen molar-refractivity contribution >= 4 is 11.6 Å². The predicted octanol–water partition coefficient (Wildman–Crippen LogP) is 2.01. The molecule has 8 heteroatoms. The van der Waals surface area contributed by atoms with E-state index in [1.807, 2.05) is 20.8 Å². The zero-order valence-electron chi connectivity index (χ0n) is 12.8. The molecule has 0 bridgehead atoms. The van der Waals surface area contributed by atoms with Gasteiger partial charge in [-0.1, -0.05) is 5.21 Å². The van der Waals surface area contributed by atoms with Crippen molar-refractivity contribution in [2.24, 2.45) is 0 Å². The molecular formula is C14H17N5O3. The molecule has 0 spiro atoms. The molecule has 2 aromatic rings. The molecule has 1 aromatic carbocycles. The van der Waals surface area contributed by atoms with E-state index >= 15 is 0 Å². The number of nitrogens with one attached hydrogen (secondary N) is 1. The molecule has 8 nitrogen and oxygen atoms in total. The van der Waals surface area contributed by atoms with Gasteiger partial charge in [0.1, 0.15) is 0 Å². The minimum atomic E-state index is -0.472. The summed E-state index contributed by atoms with van der Waals surface area (Å²) in [5.74, 6) is -0.307. The first-order valence-electron chi connectivity index (χ1n) is 6.69. The Morgan fingerprint density at radius 2 is 1.86 bits per heavy atom. The average Bonchev–Trinajstić information content (AvgIpc) is 2.79. The summed E-state index contributed by atoms with van der Waals surface area (Å²) in [6.45, 7) is 7.35. The number of aromatic nitrogens is 3. The van der Waals surface area contributed by atoms with Crippen LogP contribution in [0, 0.1) is 17.0 Å². The standard InChI is InChI=1S/C14H17N5O3/c1-9-12(13(20)15-14(2,3)4)16-17-18(9)10-5-7-11(8-6-10)19(21)22/h5-8H,1-4H3,(H,15,20). The molecule has 116 valence electrons. The number of carbonyl (C=O) groups excluding carboxylic acids is 1. The number of benzene rings is 1. The Balaban J connectivity index is 2.31. The van der Waals surface area contributed by atoms with Crippen molar-refractivity contribution in [2.75, 3.05) is 0 Å². The van der Waals surface area contributed by atoms with Crippen LogP contribution >= 0.6 is 0 Å². The molecule has 0 atom stereocenters. The van der Waals surface area contributed by atoms with Crippen LogP contribution in [0.4, 0.5) is 5.69 Å². The van der Waals surface area contributed by atoms with Crippen molar-refractivity contribution in [2.45, 2.75) is 33.2 Å². The highest BCUT2D eigenvalue weighted by Gasteiger charge is 2.21. The predicted molar refractivity (Wildman–Crippen MR) is 80.0 cm³/mol. The van der Waals surface area contributed by atoms with Gasteiger partial charge in [-0.25, -0.2) is 4.68 Å². The van der Waals surface area contributed by atoms with Crippen LogP contribution < -0.4 is 5.32 Å². The third-order valence-electron chi connectivity index (χ3n) is 2.90. The number of non-ortho nitro benzene ring substituents is 1. The van der Waals surface area contributed by atoms with Crippen LogP contribution in [-0.4, -0.2) is 31.4 Å². The van der Waals surface area contributed by atoms with Gasteiger partial charge in [0.2, 0.25) is 0 Å². The first-order chi connectivity index (χ1) is 10.2. The van der Waals surface area contributed by atoms with Crippen molar-refractivity contribution in [3.8, 4) is 5.69 Å². The number of carbonyl (C=O) groups is 1. The maximum atomic E-state index is 12.2. The summed E-state index contributed by atoms with van der Waals surface area (Å²) in [5.41, 5.74) is 1.02. The van der Waals surface area contributed by atoms with Gasteiger partial charge in [0.15, 0.2) is 5.69 Å². The highest BCUT2D eigenvalue weighted by Crippen LogP contribution is 2.17. The highest BCUT2D eigenvalue weighted by atomic mass is 16.6. The summed E-state index contributed by atoms with van der Waals surface area (Å²) in [7, 11) is 0. The second kappa shape index (κ2) is 5.55. The van der Waals surface area contributed by atoms with E-state index in [4.69, 9.17) is 0 Å². The largest absolute Gasteiger partial charge is 0.346 e. The van der Waals surface area contributed by atoms with Crippen LogP contribution in [0.1, 0.15) is 37.0 Å². The van der Waals surface area contributed by atoms with Gasteiger partial charge >= 0.3 is 0 Å². The van der Waals surface area contributed by atoms with Crippen molar-refractivity contribution < 1.29 is 9.72 Å². The fourth-order valence-electron chi connectivity index (χ4n) is 1.90. The molecule has 1 heterocycles. The Bertz CT molecular complexity index is 713. The Morgan fingerprint density at radius 3 is 2.36 bits per heavy atom. The van der Waals surface area contributed by atoms with Crippen LogP contribution in [0.25, 0.3) is 5.69 Å². The molecule has 1 aromatic heterocycles. The van der Waals surface area contributed by atoms with Crippen LogP contribution in [0.2, 0.25) is 0 Å². The second-order valence-electron chi connectivity index (χ2n) is 5.91. The average molecular weight is 303 g/mol. The Labute approximate surface area is 127 Å². The molecule has 1 N–H and O–H groups in total. The van der Waals surface area contributed by atoms with Gasteiger partial charge in [0, 0.05) is 17.7 Å². The van der Waals surface area contributed by atoms with Gasteiger partial charge in [-0.3, -0.25) is 14.9 Å². The van der Waals surface area contributed by atoms with E-state index in [1.54, 1.807) is 19.1 Å². The summed E-state index contributed by atoms with van der Waals surface area (Å²) >= 11 is 0. The van der Waals surface area contributed by atoms with E-state index in [9.17, 15) is 14.9 Å². The Morgan fingerprint density at radius 1 is 1.27 bits per heavy atom. The molecule has 0 unspecified atom stereocenters. The molecule has 0 radical (unpaired) electrons. The number of hydrogen-bond donors (Lipinski definition) is 1. The van der Waals surface area contributed by atoms with Crippen LogP contribution in [0.5, 0.6) is 0 Å². The number of nitro benzene ring substituents is 1. The van der Waals surface area contributed by atoms with Crippen molar-refractivity contribution in [3.05, 3.63) is 45.8 Å². The summed E-state index contributed by atoms with van der Waals surface area (Å²) in [5, 5.41) is 21.3. The van der Waals surface area contributed by atoms with Crippen LogP contribution in [-0.2, 0) is 0 Å². The lowest BCUT2D eigenvalue weighted by molar-refractivity contribution is -0.384. The third-order valence-corrected chi connectivity index (χ3v) is 2.90. The van der Waals surface area contributed by atoms with Gasteiger partial charge in [0.25, 0.3) is 11.6 Å². The van der Waals surface area contributed by atoms with E-state index < -0.39 is 4.92 Å². The van der Waals surface area contributed by atoms with E-state index in [-0.39, 0.29) is 22.8 Å². The maximum absolute atomic E-state index is 12.2. The van der Waals surface area contributed by atoms with E-state index in [0.717, 1.165) is 0 Å². The van der Waals surface area contributed by atoms with Gasteiger partial charge < -0.3 is 5.32 Å². The molecule has 22 heavy (non-hydrogen) atoms. The van der Waals surface area contributed by atoms with Gasteiger partial charge in [-0.2, -0.15) is 0 Å². The van der Waals surface area contributed by atoms with Crippen LogP contribution in [0.15, 0.2) is 24.3 Å². The molecule has 0 aliphatic heterocycles. The maximum Gasteiger partial charge on any atom is 0.274 e. The summed E-state index contributed by atoms with van der Waals surface area (Å²) in [6.07, 6.45) is 0. The second-order valence-corrected chi connectivity index (χ2v) is 5.91. The molecule has 0 aliphatic rings. The summed E-state index contributed by atoms with van der Waals surface area (Å²) < 4.78 is 1.47. The molecular weight excluding hydrogens is 286 g/mol. The SMILES string of the molecule is Cc1c(C(=O)NC(C)(C)C)nnn1-c1ccc([N+](=O)[O-])cc1. The van der Waals surface area contributed by atoms with Crippen LogP contribution in [0.3, 0.4) is 0 Å². The monoisotopic (exact) mass is 303 g/mol. The van der Waals surface area contributed by atoms with Gasteiger partial charge in [-0.15, -0.1) is 5.10 Å². The lowest BCUT2D eigenvalue weighted by Gasteiger charge is -2.19. The highest BCUT2D eigenvalue weighted by molar-refractivity contribution is 5.93. The summed E-state index contributed by atoms with van der Waals surface area (Å²) in [6, 6.07) is 5.88. The van der Waals surface area contributed by atoms with Gasteiger partial charge in [-0.05, 0) is 39.8 Å². The fourth-order valence-corrected chi connectivity index (χ4v) is 1.90. The van der Waals surface area contributed by atoms with Crippen molar-refractivity contribution in [1.82, 2.24) is 20.3 Å². The molecule has 0 saturated heterocycles. The third kappa shape index (κ3) is 3.27. The minimum absolute atomic E-state index is 0.00721. The normalized spacial score (nSPS) is 11.3. The molecule has 0 fully saturated rings. The molecule has 0 saturated carbocycles. The minimum Gasteiger partial charge on any atom is -0.346 e. The molecule has 1 amide bonds. The number of amides is 1. The van der Waals surface area contributed by atoms with Gasteiger partial charge in [0.05, 0.1) is 16.3 Å². The Hall–Kier alpha value is -2.77. The number of rotatable bonds is 3. The number of nitro groups is 1. The smallest absolute Gasteiger partial charge is 0.274 e. The summed E-state index contributed by atoms with van der Waals surface area (Å²) in [4.78, 5) is 22.3. The van der Waals surface area contributed by atoms with E-state index in [1.165, 1.54) is 16.8 Å².